The predicted molar refractivity (Wildman–Crippen MR) is 82.7 cm³/mol. The van der Waals surface area contributed by atoms with Crippen LogP contribution in [0.3, 0.4) is 0 Å². The van der Waals surface area contributed by atoms with E-state index in [0.717, 1.165) is 12.8 Å². The number of halogens is 2. The lowest BCUT2D eigenvalue weighted by atomic mass is 10.2. The fraction of sp³-hybridized carbons (Fsp3) is 0.429. The fourth-order valence-electron chi connectivity index (χ4n) is 2.96. The average molecular weight is 351 g/mol. The molecule has 11 heteroatoms. The Morgan fingerprint density at radius 3 is 2.96 bits per heavy atom. The van der Waals surface area contributed by atoms with Gasteiger partial charge in [0, 0.05) is 6.07 Å². The Balaban J connectivity index is 1.57. The molecule has 0 bridgehead atoms. The van der Waals surface area contributed by atoms with Crippen molar-refractivity contribution in [1.82, 2.24) is 29.9 Å². The SMILES string of the molecule is O[C@H]1CC[C@H](n2ncc3ncc(Nc4cc(OC(F)F)[nH]n4)nc32)C1. The van der Waals surface area contributed by atoms with Crippen molar-refractivity contribution in [3.05, 3.63) is 18.5 Å². The minimum absolute atomic E-state index is 0.0773. The summed E-state index contributed by atoms with van der Waals surface area (Å²) in [7, 11) is 0. The highest BCUT2D eigenvalue weighted by atomic mass is 19.3. The van der Waals surface area contributed by atoms with Crippen LogP contribution < -0.4 is 10.1 Å². The summed E-state index contributed by atoms with van der Waals surface area (Å²) in [5.41, 5.74) is 1.22. The zero-order valence-corrected chi connectivity index (χ0v) is 12.9. The number of hydrogen-bond acceptors (Lipinski definition) is 7. The lowest BCUT2D eigenvalue weighted by Crippen LogP contribution is -2.10. The van der Waals surface area contributed by atoms with Crippen LogP contribution in [-0.2, 0) is 0 Å². The quantitative estimate of drug-likeness (QED) is 0.644. The topological polar surface area (TPSA) is 114 Å². The first-order valence-electron chi connectivity index (χ1n) is 7.74. The molecule has 0 radical (unpaired) electrons. The summed E-state index contributed by atoms with van der Waals surface area (Å²) < 4.78 is 30.3. The van der Waals surface area contributed by atoms with E-state index in [1.165, 1.54) is 12.3 Å². The Bertz CT molecular complexity index is 881. The van der Waals surface area contributed by atoms with E-state index in [4.69, 9.17) is 0 Å². The van der Waals surface area contributed by atoms with Crippen molar-refractivity contribution in [2.24, 2.45) is 0 Å². The number of hydrogen-bond donors (Lipinski definition) is 3. The van der Waals surface area contributed by atoms with Crippen molar-refractivity contribution < 1.29 is 18.6 Å². The molecule has 0 saturated heterocycles. The number of alkyl halides is 2. The molecule has 1 aliphatic carbocycles. The molecule has 0 amide bonds. The third-order valence-electron chi connectivity index (χ3n) is 4.05. The average Bonchev–Trinajstić information content (AvgIpc) is 3.27. The first kappa shape index (κ1) is 15.7. The lowest BCUT2D eigenvalue weighted by molar-refractivity contribution is -0.0528. The summed E-state index contributed by atoms with van der Waals surface area (Å²) in [6.45, 7) is -2.93. The normalized spacial score (nSPS) is 20.5. The van der Waals surface area contributed by atoms with Crippen molar-refractivity contribution in [2.75, 3.05) is 5.32 Å². The van der Waals surface area contributed by atoms with E-state index in [1.807, 2.05) is 0 Å². The fourth-order valence-corrected chi connectivity index (χ4v) is 2.96. The summed E-state index contributed by atoms with van der Waals surface area (Å²) in [6, 6.07) is 1.37. The first-order chi connectivity index (χ1) is 12.1. The number of nitrogens with zero attached hydrogens (tertiary/aromatic N) is 5. The molecule has 0 aromatic carbocycles. The molecule has 1 saturated carbocycles. The van der Waals surface area contributed by atoms with Gasteiger partial charge in [-0.15, -0.1) is 0 Å². The number of anilines is 2. The molecule has 2 atom stereocenters. The number of rotatable bonds is 5. The number of aliphatic hydroxyl groups is 1. The monoisotopic (exact) mass is 351 g/mol. The second-order valence-corrected chi connectivity index (χ2v) is 5.79. The van der Waals surface area contributed by atoms with Crippen molar-refractivity contribution in [3.63, 3.8) is 0 Å². The van der Waals surface area contributed by atoms with Gasteiger partial charge in [0.2, 0.25) is 5.88 Å². The molecule has 0 spiro atoms. The van der Waals surface area contributed by atoms with Gasteiger partial charge >= 0.3 is 6.61 Å². The van der Waals surface area contributed by atoms with Crippen LogP contribution in [0.5, 0.6) is 5.88 Å². The van der Waals surface area contributed by atoms with E-state index in [0.29, 0.717) is 23.4 Å². The molecule has 1 fully saturated rings. The van der Waals surface area contributed by atoms with Crippen LogP contribution in [0.4, 0.5) is 20.4 Å². The van der Waals surface area contributed by atoms with Crippen LogP contribution >= 0.6 is 0 Å². The summed E-state index contributed by atoms with van der Waals surface area (Å²) in [5.74, 6) is 0.506. The maximum atomic E-state index is 12.2. The first-order valence-corrected chi connectivity index (χ1v) is 7.74. The molecule has 0 unspecified atom stereocenters. The third-order valence-corrected chi connectivity index (χ3v) is 4.05. The van der Waals surface area contributed by atoms with Gasteiger partial charge in [-0.1, -0.05) is 0 Å². The predicted octanol–water partition coefficient (Wildman–Crippen LogP) is 1.98. The maximum absolute atomic E-state index is 12.2. The van der Waals surface area contributed by atoms with Gasteiger partial charge in [-0.05, 0) is 19.3 Å². The zero-order valence-electron chi connectivity index (χ0n) is 12.9. The van der Waals surface area contributed by atoms with Gasteiger partial charge in [-0.25, -0.2) is 19.7 Å². The molecule has 3 N–H and O–H groups in total. The van der Waals surface area contributed by atoms with E-state index in [1.54, 1.807) is 10.9 Å². The van der Waals surface area contributed by atoms with E-state index < -0.39 is 6.61 Å². The molecular formula is C14H15F2N7O2. The summed E-state index contributed by atoms with van der Waals surface area (Å²) in [4.78, 5) is 8.76. The Labute approximate surface area is 140 Å². The number of aliphatic hydroxyl groups excluding tert-OH is 1. The summed E-state index contributed by atoms with van der Waals surface area (Å²) >= 11 is 0. The largest absolute Gasteiger partial charge is 0.417 e. The number of aromatic nitrogens is 6. The Morgan fingerprint density at radius 2 is 2.20 bits per heavy atom. The third kappa shape index (κ3) is 3.22. The van der Waals surface area contributed by atoms with Crippen LogP contribution in [0.1, 0.15) is 25.3 Å². The number of fused-ring (bicyclic) bond motifs is 1. The van der Waals surface area contributed by atoms with Crippen molar-refractivity contribution in [2.45, 2.75) is 38.0 Å². The number of nitrogens with one attached hydrogen (secondary N) is 2. The Hall–Kier alpha value is -2.82. The van der Waals surface area contributed by atoms with E-state index in [-0.39, 0.29) is 23.8 Å². The van der Waals surface area contributed by atoms with Gasteiger partial charge in [-0.3, -0.25) is 0 Å². The minimum atomic E-state index is -2.93. The molecule has 132 valence electrons. The van der Waals surface area contributed by atoms with E-state index in [9.17, 15) is 13.9 Å². The molecule has 9 nitrogen and oxygen atoms in total. The van der Waals surface area contributed by atoms with Gasteiger partial charge in [0.1, 0.15) is 5.52 Å². The molecule has 0 aliphatic heterocycles. The van der Waals surface area contributed by atoms with Gasteiger partial charge in [0.25, 0.3) is 0 Å². The van der Waals surface area contributed by atoms with Gasteiger partial charge in [-0.2, -0.15) is 19.0 Å². The van der Waals surface area contributed by atoms with E-state index in [2.05, 4.69) is 35.3 Å². The van der Waals surface area contributed by atoms with Gasteiger partial charge in [0.15, 0.2) is 17.3 Å². The minimum Gasteiger partial charge on any atom is -0.417 e. The Kier molecular flexibility index (Phi) is 3.92. The van der Waals surface area contributed by atoms with Crippen LogP contribution in [-0.4, -0.2) is 47.8 Å². The number of H-pyrrole nitrogens is 1. The highest BCUT2D eigenvalue weighted by molar-refractivity contribution is 5.72. The van der Waals surface area contributed by atoms with Crippen LogP contribution in [0.2, 0.25) is 0 Å². The lowest BCUT2D eigenvalue weighted by Gasteiger charge is -2.11. The van der Waals surface area contributed by atoms with Gasteiger partial charge in [0.05, 0.1) is 24.5 Å². The number of ether oxygens (including phenoxy) is 1. The standard InChI is InChI=1S/C14H15F2N7O2/c15-14(16)25-12-4-10(21-22-12)19-11-6-17-9-5-18-23(13(9)20-11)7-1-2-8(24)3-7/h4-8,14,24H,1-3H2,(H2,19,20,21,22)/t7-,8-/m0/s1. The van der Waals surface area contributed by atoms with Crippen molar-refractivity contribution in [3.8, 4) is 5.88 Å². The summed E-state index contributed by atoms with van der Waals surface area (Å²) in [6.07, 6.45) is 4.99. The molecule has 3 aromatic rings. The highest BCUT2D eigenvalue weighted by Crippen LogP contribution is 2.31. The molecule has 1 aliphatic rings. The van der Waals surface area contributed by atoms with Crippen LogP contribution in [0.25, 0.3) is 11.2 Å². The second kappa shape index (κ2) is 6.24. The van der Waals surface area contributed by atoms with E-state index >= 15 is 0 Å². The maximum Gasteiger partial charge on any atom is 0.388 e. The van der Waals surface area contributed by atoms with Gasteiger partial charge < -0.3 is 15.2 Å². The second-order valence-electron chi connectivity index (χ2n) is 5.79. The smallest absolute Gasteiger partial charge is 0.388 e. The van der Waals surface area contributed by atoms with Crippen molar-refractivity contribution in [1.29, 1.82) is 0 Å². The van der Waals surface area contributed by atoms with Crippen LogP contribution in [0.15, 0.2) is 18.5 Å². The molecule has 4 rings (SSSR count). The zero-order chi connectivity index (χ0) is 17.4. The molecular weight excluding hydrogens is 336 g/mol. The number of aromatic amines is 1. The van der Waals surface area contributed by atoms with Crippen molar-refractivity contribution >= 4 is 22.8 Å². The highest BCUT2D eigenvalue weighted by Gasteiger charge is 2.26. The summed E-state index contributed by atoms with van der Waals surface area (Å²) in [5, 5.41) is 23.1. The Morgan fingerprint density at radius 1 is 1.32 bits per heavy atom. The molecule has 25 heavy (non-hydrogen) atoms. The molecule has 3 heterocycles. The molecule has 3 aromatic heterocycles. The van der Waals surface area contributed by atoms with Crippen LogP contribution in [0, 0.1) is 0 Å².